The minimum atomic E-state index is 0.376. The number of hydrogen-bond acceptors (Lipinski definition) is 4. The maximum Gasteiger partial charge on any atom is 0.168 e. The standard InChI is InChI=1S/C14H10N2O2/c15-7-11-1-3-12(4-2-11)10-18-14-6-5-13(9-17)16-8-14/h1-6,8-9H,10H2. The summed E-state index contributed by atoms with van der Waals surface area (Å²) in [6.45, 7) is 0.397. The van der Waals surface area contributed by atoms with Crippen LogP contribution in [-0.2, 0) is 6.61 Å². The van der Waals surface area contributed by atoms with Crippen LogP contribution in [0.2, 0.25) is 0 Å². The normalized spacial score (nSPS) is 9.50. The fourth-order valence-corrected chi connectivity index (χ4v) is 1.39. The molecule has 1 aromatic carbocycles. The molecule has 2 aromatic rings. The fraction of sp³-hybridized carbons (Fsp3) is 0.0714. The van der Waals surface area contributed by atoms with Crippen LogP contribution in [0, 0.1) is 11.3 Å². The molecule has 88 valence electrons. The average molecular weight is 238 g/mol. The van der Waals surface area contributed by atoms with E-state index in [0.717, 1.165) is 5.56 Å². The van der Waals surface area contributed by atoms with Gasteiger partial charge in [0.25, 0.3) is 0 Å². The predicted molar refractivity (Wildman–Crippen MR) is 65.1 cm³/mol. The summed E-state index contributed by atoms with van der Waals surface area (Å²) < 4.78 is 5.50. The number of aldehydes is 1. The van der Waals surface area contributed by atoms with Gasteiger partial charge in [-0.3, -0.25) is 4.79 Å². The monoisotopic (exact) mass is 238 g/mol. The van der Waals surface area contributed by atoms with E-state index in [9.17, 15) is 4.79 Å². The van der Waals surface area contributed by atoms with Crippen molar-refractivity contribution < 1.29 is 9.53 Å². The Morgan fingerprint density at radius 3 is 2.56 bits per heavy atom. The van der Waals surface area contributed by atoms with Crippen LogP contribution >= 0.6 is 0 Å². The number of carbonyl (C=O) groups is 1. The zero-order valence-electron chi connectivity index (χ0n) is 9.54. The first-order valence-corrected chi connectivity index (χ1v) is 5.35. The minimum absolute atomic E-state index is 0.376. The molecule has 0 amide bonds. The van der Waals surface area contributed by atoms with Crippen molar-refractivity contribution in [3.63, 3.8) is 0 Å². The zero-order valence-corrected chi connectivity index (χ0v) is 9.54. The smallest absolute Gasteiger partial charge is 0.168 e. The third-order valence-corrected chi connectivity index (χ3v) is 2.37. The highest BCUT2D eigenvalue weighted by Gasteiger charge is 1.98. The molecule has 1 heterocycles. The first-order chi connectivity index (χ1) is 8.81. The van der Waals surface area contributed by atoms with Crippen molar-refractivity contribution in [3.05, 3.63) is 59.4 Å². The molecule has 0 N–H and O–H groups in total. The summed E-state index contributed by atoms with van der Waals surface area (Å²) in [5, 5.41) is 8.67. The van der Waals surface area contributed by atoms with Gasteiger partial charge in [-0.15, -0.1) is 0 Å². The number of rotatable bonds is 4. The molecular weight excluding hydrogens is 228 g/mol. The van der Waals surface area contributed by atoms with Crippen molar-refractivity contribution in [2.45, 2.75) is 6.61 Å². The Kier molecular flexibility index (Phi) is 3.67. The second-order valence-corrected chi connectivity index (χ2v) is 3.63. The topological polar surface area (TPSA) is 63.0 Å². The van der Waals surface area contributed by atoms with Crippen LogP contribution in [-0.4, -0.2) is 11.3 Å². The van der Waals surface area contributed by atoms with Crippen molar-refractivity contribution in [2.24, 2.45) is 0 Å². The molecule has 0 spiro atoms. The van der Waals surface area contributed by atoms with Gasteiger partial charge in [-0.1, -0.05) is 12.1 Å². The number of aromatic nitrogens is 1. The number of hydrogen-bond donors (Lipinski definition) is 0. The Bertz CT molecular complexity index is 568. The molecule has 4 nitrogen and oxygen atoms in total. The lowest BCUT2D eigenvalue weighted by Gasteiger charge is -2.05. The summed E-state index contributed by atoms with van der Waals surface area (Å²) in [6.07, 6.45) is 2.19. The van der Waals surface area contributed by atoms with E-state index in [4.69, 9.17) is 10.00 Å². The van der Waals surface area contributed by atoms with E-state index in [1.165, 1.54) is 6.20 Å². The van der Waals surface area contributed by atoms with E-state index in [1.54, 1.807) is 24.3 Å². The highest BCUT2D eigenvalue weighted by atomic mass is 16.5. The SMILES string of the molecule is N#Cc1ccc(COc2ccc(C=O)nc2)cc1. The van der Waals surface area contributed by atoms with E-state index in [-0.39, 0.29) is 0 Å². The van der Waals surface area contributed by atoms with Gasteiger partial charge in [-0.25, -0.2) is 4.98 Å². The molecule has 0 aliphatic carbocycles. The van der Waals surface area contributed by atoms with Crippen molar-refractivity contribution >= 4 is 6.29 Å². The first-order valence-electron chi connectivity index (χ1n) is 5.35. The molecule has 1 aromatic heterocycles. The molecule has 18 heavy (non-hydrogen) atoms. The van der Waals surface area contributed by atoms with E-state index >= 15 is 0 Å². The Morgan fingerprint density at radius 2 is 2.00 bits per heavy atom. The highest BCUT2D eigenvalue weighted by Crippen LogP contribution is 2.11. The average Bonchev–Trinajstić information content (AvgIpc) is 2.46. The van der Waals surface area contributed by atoms with Crippen molar-refractivity contribution in [3.8, 4) is 11.8 Å². The number of carbonyl (C=O) groups excluding carboxylic acids is 1. The van der Waals surface area contributed by atoms with Gasteiger partial charge in [0, 0.05) is 0 Å². The molecule has 0 fully saturated rings. The van der Waals surface area contributed by atoms with E-state index in [1.807, 2.05) is 12.1 Å². The summed E-state index contributed by atoms with van der Waals surface area (Å²) in [5.74, 6) is 0.602. The lowest BCUT2D eigenvalue weighted by Crippen LogP contribution is -1.96. The summed E-state index contributed by atoms with van der Waals surface area (Å²) in [4.78, 5) is 14.3. The fourth-order valence-electron chi connectivity index (χ4n) is 1.39. The first kappa shape index (κ1) is 11.8. The van der Waals surface area contributed by atoms with Crippen LogP contribution in [0.15, 0.2) is 42.6 Å². The van der Waals surface area contributed by atoms with Gasteiger partial charge in [0.05, 0.1) is 17.8 Å². The summed E-state index contributed by atoms with van der Waals surface area (Å²) in [7, 11) is 0. The van der Waals surface area contributed by atoms with Gasteiger partial charge in [0.2, 0.25) is 0 Å². The maximum absolute atomic E-state index is 10.4. The quantitative estimate of drug-likeness (QED) is 0.767. The third-order valence-electron chi connectivity index (χ3n) is 2.37. The van der Waals surface area contributed by atoms with Crippen molar-refractivity contribution in [1.82, 2.24) is 4.98 Å². The van der Waals surface area contributed by atoms with Crippen molar-refractivity contribution in [1.29, 1.82) is 5.26 Å². The number of ether oxygens (including phenoxy) is 1. The Hall–Kier alpha value is -2.67. The van der Waals surface area contributed by atoms with E-state index < -0.39 is 0 Å². The van der Waals surface area contributed by atoms with Crippen LogP contribution in [0.5, 0.6) is 5.75 Å². The Labute approximate surface area is 104 Å². The molecule has 0 radical (unpaired) electrons. The summed E-state index contributed by atoms with van der Waals surface area (Å²) in [5.41, 5.74) is 1.96. The zero-order chi connectivity index (χ0) is 12.8. The van der Waals surface area contributed by atoms with Gasteiger partial charge < -0.3 is 4.74 Å². The molecule has 0 atom stereocenters. The number of pyridine rings is 1. The van der Waals surface area contributed by atoms with Crippen LogP contribution in [0.4, 0.5) is 0 Å². The largest absolute Gasteiger partial charge is 0.487 e. The maximum atomic E-state index is 10.4. The molecule has 0 aliphatic heterocycles. The van der Waals surface area contributed by atoms with Gasteiger partial charge in [-0.05, 0) is 29.8 Å². The van der Waals surface area contributed by atoms with Gasteiger partial charge in [0.1, 0.15) is 18.1 Å². The molecular formula is C14H10N2O2. The van der Waals surface area contributed by atoms with Crippen LogP contribution in [0.1, 0.15) is 21.6 Å². The number of benzene rings is 1. The molecule has 0 unspecified atom stereocenters. The summed E-state index contributed by atoms with van der Waals surface area (Å²) >= 11 is 0. The third kappa shape index (κ3) is 2.92. The minimum Gasteiger partial charge on any atom is -0.487 e. The van der Waals surface area contributed by atoms with Gasteiger partial charge >= 0.3 is 0 Å². The van der Waals surface area contributed by atoms with Gasteiger partial charge in [0.15, 0.2) is 6.29 Å². The second-order valence-electron chi connectivity index (χ2n) is 3.63. The highest BCUT2D eigenvalue weighted by molar-refractivity contribution is 5.71. The molecule has 2 rings (SSSR count). The van der Waals surface area contributed by atoms with Gasteiger partial charge in [-0.2, -0.15) is 5.26 Å². The second kappa shape index (κ2) is 5.60. The van der Waals surface area contributed by atoms with E-state index in [0.29, 0.717) is 29.9 Å². The van der Waals surface area contributed by atoms with Crippen LogP contribution in [0.3, 0.4) is 0 Å². The molecule has 0 saturated carbocycles. The molecule has 4 heteroatoms. The molecule has 0 saturated heterocycles. The predicted octanol–water partition coefficient (Wildman–Crippen LogP) is 2.34. The van der Waals surface area contributed by atoms with Crippen LogP contribution in [0.25, 0.3) is 0 Å². The Morgan fingerprint density at radius 1 is 1.22 bits per heavy atom. The molecule has 0 aliphatic rings. The summed E-state index contributed by atoms with van der Waals surface area (Å²) in [6, 6.07) is 12.5. The van der Waals surface area contributed by atoms with Crippen molar-refractivity contribution in [2.75, 3.05) is 0 Å². The van der Waals surface area contributed by atoms with E-state index in [2.05, 4.69) is 11.1 Å². The lowest BCUT2D eigenvalue weighted by molar-refractivity contribution is 0.111. The number of nitrogens with zero attached hydrogens (tertiary/aromatic N) is 2. The molecule has 0 bridgehead atoms. The lowest BCUT2D eigenvalue weighted by atomic mass is 10.2. The number of nitriles is 1. The van der Waals surface area contributed by atoms with Crippen LogP contribution < -0.4 is 4.74 Å². The Balaban J connectivity index is 1.97.